The summed E-state index contributed by atoms with van der Waals surface area (Å²) in [5.74, 6) is -0.448. The van der Waals surface area contributed by atoms with Gasteiger partial charge < -0.3 is 9.88 Å². The van der Waals surface area contributed by atoms with Crippen molar-refractivity contribution < 1.29 is 9.72 Å². The molecule has 0 radical (unpaired) electrons. The highest BCUT2D eigenvalue weighted by atomic mass is 35.5. The van der Waals surface area contributed by atoms with Gasteiger partial charge in [0.05, 0.1) is 21.8 Å². The molecule has 0 saturated carbocycles. The lowest BCUT2D eigenvalue weighted by atomic mass is 10.1. The number of hydrogen-bond acceptors (Lipinski definition) is 4. The molecule has 0 bridgehead atoms. The monoisotopic (exact) mass is 308 g/mol. The van der Waals surface area contributed by atoms with Gasteiger partial charge in [0, 0.05) is 37.1 Å². The molecule has 8 heteroatoms. The zero-order chi connectivity index (χ0) is 15.4. The first-order valence-electron chi connectivity index (χ1n) is 6.18. The molecule has 0 fully saturated rings. The summed E-state index contributed by atoms with van der Waals surface area (Å²) in [6.07, 6.45) is 5.07. The van der Waals surface area contributed by atoms with Crippen LogP contribution in [0, 0.1) is 10.1 Å². The van der Waals surface area contributed by atoms with Crippen LogP contribution in [-0.2, 0) is 6.54 Å². The molecule has 1 amide bonds. The van der Waals surface area contributed by atoms with Crippen molar-refractivity contribution in [2.75, 3.05) is 0 Å². The van der Waals surface area contributed by atoms with Gasteiger partial charge in [-0.05, 0) is 13.0 Å². The standard InChI is InChI=1S/C13H13ClN4O3/c1-9(7-17-5-4-15-8-17)16-13(19)11-6-10(18(20)21)2-3-12(11)14/h2-6,8-9H,7H2,1H3,(H,16,19). The number of non-ortho nitro benzene ring substituents is 1. The van der Waals surface area contributed by atoms with E-state index >= 15 is 0 Å². The molecule has 1 N–H and O–H groups in total. The Labute approximate surface area is 125 Å². The number of carbonyl (C=O) groups is 1. The first kappa shape index (κ1) is 15.0. The number of carbonyl (C=O) groups excluding carboxylic acids is 1. The van der Waals surface area contributed by atoms with E-state index in [-0.39, 0.29) is 22.3 Å². The summed E-state index contributed by atoms with van der Waals surface area (Å²) in [4.78, 5) is 26.2. The van der Waals surface area contributed by atoms with Crippen molar-refractivity contribution in [2.45, 2.75) is 19.5 Å². The lowest BCUT2D eigenvalue weighted by Gasteiger charge is -2.14. The van der Waals surface area contributed by atoms with Crippen LogP contribution in [0.4, 0.5) is 5.69 Å². The molecule has 2 rings (SSSR count). The molecule has 1 unspecified atom stereocenters. The number of nitro groups is 1. The Morgan fingerprint density at radius 3 is 2.95 bits per heavy atom. The van der Waals surface area contributed by atoms with Gasteiger partial charge in [0.15, 0.2) is 0 Å². The second-order valence-electron chi connectivity index (χ2n) is 4.56. The fourth-order valence-corrected chi connectivity index (χ4v) is 2.06. The molecule has 0 aliphatic carbocycles. The van der Waals surface area contributed by atoms with E-state index in [1.165, 1.54) is 18.2 Å². The van der Waals surface area contributed by atoms with Gasteiger partial charge in [-0.3, -0.25) is 14.9 Å². The molecule has 0 spiro atoms. The lowest BCUT2D eigenvalue weighted by Crippen LogP contribution is -2.35. The number of hydrogen-bond donors (Lipinski definition) is 1. The van der Waals surface area contributed by atoms with Crippen molar-refractivity contribution in [1.82, 2.24) is 14.9 Å². The third kappa shape index (κ3) is 3.79. The number of halogens is 1. The number of nitrogens with zero attached hydrogens (tertiary/aromatic N) is 3. The Balaban J connectivity index is 2.09. The van der Waals surface area contributed by atoms with Crippen molar-refractivity contribution in [1.29, 1.82) is 0 Å². The average Bonchev–Trinajstić information content (AvgIpc) is 2.91. The van der Waals surface area contributed by atoms with Gasteiger partial charge in [-0.15, -0.1) is 0 Å². The van der Waals surface area contributed by atoms with Gasteiger partial charge >= 0.3 is 0 Å². The number of amides is 1. The van der Waals surface area contributed by atoms with E-state index in [4.69, 9.17) is 11.6 Å². The van der Waals surface area contributed by atoms with Crippen molar-refractivity contribution in [2.24, 2.45) is 0 Å². The molecule has 0 aliphatic heterocycles. The highest BCUT2D eigenvalue weighted by Gasteiger charge is 2.17. The third-order valence-electron chi connectivity index (χ3n) is 2.83. The van der Waals surface area contributed by atoms with E-state index in [0.717, 1.165) is 0 Å². The molecule has 1 aromatic heterocycles. The molecular formula is C13H13ClN4O3. The smallest absolute Gasteiger partial charge is 0.270 e. The van der Waals surface area contributed by atoms with Gasteiger partial charge in [-0.25, -0.2) is 4.98 Å². The summed E-state index contributed by atoms with van der Waals surface area (Å²) in [5.41, 5.74) is -0.0878. The van der Waals surface area contributed by atoms with Crippen molar-refractivity contribution in [3.63, 3.8) is 0 Å². The fraction of sp³-hybridized carbons (Fsp3) is 0.231. The Bertz CT molecular complexity index is 657. The Morgan fingerprint density at radius 1 is 1.57 bits per heavy atom. The highest BCUT2D eigenvalue weighted by molar-refractivity contribution is 6.33. The lowest BCUT2D eigenvalue weighted by molar-refractivity contribution is -0.384. The van der Waals surface area contributed by atoms with Gasteiger partial charge in [0.1, 0.15) is 0 Å². The Hall–Kier alpha value is -2.41. The topological polar surface area (TPSA) is 90.1 Å². The quantitative estimate of drug-likeness (QED) is 0.677. The van der Waals surface area contributed by atoms with Gasteiger partial charge in [0.2, 0.25) is 0 Å². The van der Waals surface area contributed by atoms with Crippen molar-refractivity contribution in [3.8, 4) is 0 Å². The normalized spacial score (nSPS) is 11.9. The van der Waals surface area contributed by atoms with Gasteiger partial charge in [0.25, 0.3) is 11.6 Å². The number of nitro benzene ring substituents is 1. The van der Waals surface area contributed by atoms with E-state index in [1.54, 1.807) is 18.7 Å². The van der Waals surface area contributed by atoms with Crippen molar-refractivity contribution in [3.05, 3.63) is 57.6 Å². The van der Waals surface area contributed by atoms with Crippen LogP contribution in [0.3, 0.4) is 0 Å². The van der Waals surface area contributed by atoms with Crippen LogP contribution in [0.1, 0.15) is 17.3 Å². The number of benzene rings is 1. The van der Waals surface area contributed by atoms with Crippen LogP contribution in [0.15, 0.2) is 36.9 Å². The SMILES string of the molecule is CC(Cn1ccnc1)NC(=O)c1cc([N+](=O)[O-])ccc1Cl. The predicted molar refractivity (Wildman–Crippen MR) is 77.3 cm³/mol. The minimum atomic E-state index is -0.567. The Kier molecular flexibility index (Phi) is 4.54. The van der Waals surface area contributed by atoms with Crippen LogP contribution >= 0.6 is 11.6 Å². The summed E-state index contributed by atoms with van der Waals surface area (Å²) in [6, 6.07) is 3.59. The highest BCUT2D eigenvalue weighted by Crippen LogP contribution is 2.22. The summed E-state index contributed by atoms with van der Waals surface area (Å²) < 4.78 is 1.82. The maximum atomic E-state index is 12.1. The van der Waals surface area contributed by atoms with Crippen LogP contribution < -0.4 is 5.32 Å². The molecule has 0 saturated heterocycles. The molecule has 1 aromatic carbocycles. The maximum Gasteiger partial charge on any atom is 0.270 e. The van der Waals surface area contributed by atoms with Crippen LogP contribution in [-0.4, -0.2) is 26.4 Å². The van der Waals surface area contributed by atoms with E-state index in [9.17, 15) is 14.9 Å². The number of nitrogens with one attached hydrogen (secondary N) is 1. The minimum absolute atomic E-state index is 0.0864. The van der Waals surface area contributed by atoms with Crippen LogP contribution in [0.5, 0.6) is 0 Å². The predicted octanol–water partition coefficient (Wildman–Crippen LogP) is 2.26. The summed E-state index contributed by atoms with van der Waals surface area (Å²) in [7, 11) is 0. The van der Waals surface area contributed by atoms with Crippen LogP contribution in [0.2, 0.25) is 5.02 Å². The summed E-state index contributed by atoms with van der Waals surface area (Å²) in [5, 5.41) is 13.7. The van der Waals surface area contributed by atoms with Gasteiger partial charge in [-0.1, -0.05) is 11.6 Å². The molecule has 7 nitrogen and oxygen atoms in total. The minimum Gasteiger partial charge on any atom is -0.348 e. The molecule has 0 aliphatic rings. The van der Waals surface area contributed by atoms with E-state index in [1.807, 2.05) is 11.5 Å². The molecule has 1 heterocycles. The fourth-order valence-electron chi connectivity index (χ4n) is 1.86. The maximum absolute atomic E-state index is 12.1. The Morgan fingerprint density at radius 2 is 2.33 bits per heavy atom. The van der Waals surface area contributed by atoms with Crippen LogP contribution in [0.25, 0.3) is 0 Å². The summed E-state index contributed by atoms with van der Waals surface area (Å²) in [6.45, 7) is 2.36. The van der Waals surface area contributed by atoms with E-state index < -0.39 is 10.8 Å². The molecule has 110 valence electrons. The largest absolute Gasteiger partial charge is 0.348 e. The second kappa shape index (κ2) is 6.36. The number of rotatable bonds is 5. The number of imidazole rings is 1. The second-order valence-corrected chi connectivity index (χ2v) is 4.96. The van der Waals surface area contributed by atoms with E-state index in [2.05, 4.69) is 10.3 Å². The number of aromatic nitrogens is 2. The average molecular weight is 309 g/mol. The van der Waals surface area contributed by atoms with Gasteiger partial charge in [-0.2, -0.15) is 0 Å². The zero-order valence-electron chi connectivity index (χ0n) is 11.2. The first-order chi connectivity index (χ1) is 9.97. The zero-order valence-corrected chi connectivity index (χ0v) is 11.9. The van der Waals surface area contributed by atoms with Crippen molar-refractivity contribution >= 4 is 23.2 Å². The first-order valence-corrected chi connectivity index (χ1v) is 6.55. The molecule has 1 atom stereocenters. The molecular weight excluding hydrogens is 296 g/mol. The summed E-state index contributed by atoms with van der Waals surface area (Å²) >= 11 is 5.92. The third-order valence-corrected chi connectivity index (χ3v) is 3.16. The molecule has 2 aromatic rings. The molecule has 21 heavy (non-hydrogen) atoms. The van der Waals surface area contributed by atoms with E-state index in [0.29, 0.717) is 6.54 Å².